The molecular weight excluding hydrogens is 456 g/mol. The summed E-state index contributed by atoms with van der Waals surface area (Å²) in [6.45, 7) is 6.98. The molecule has 3 aromatic carbocycles. The van der Waals surface area contributed by atoms with E-state index in [-0.39, 0.29) is 11.8 Å². The van der Waals surface area contributed by atoms with Gasteiger partial charge in [-0.05, 0) is 62.2 Å². The Morgan fingerprint density at radius 3 is 2.28 bits per heavy atom. The lowest BCUT2D eigenvalue weighted by Gasteiger charge is -2.29. The lowest BCUT2D eigenvalue weighted by atomic mass is 9.90. The van der Waals surface area contributed by atoms with Crippen LogP contribution in [-0.4, -0.2) is 31.1 Å². The van der Waals surface area contributed by atoms with Gasteiger partial charge in [-0.1, -0.05) is 48.9 Å². The van der Waals surface area contributed by atoms with E-state index < -0.39 is 18.1 Å². The molecule has 2 aliphatic rings. The number of hydrogen-bond acceptors (Lipinski definition) is 6. The molecule has 7 nitrogen and oxygen atoms in total. The van der Waals surface area contributed by atoms with E-state index in [1.165, 1.54) is 4.90 Å². The van der Waals surface area contributed by atoms with Gasteiger partial charge in [0, 0.05) is 0 Å². The number of amides is 2. The van der Waals surface area contributed by atoms with Crippen molar-refractivity contribution in [1.82, 2.24) is 0 Å². The van der Waals surface area contributed by atoms with Crippen LogP contribution in [0.1, 0.15) is 37.4 Å². The Balaban J connectivity index is 1.57. The van der Waals surface area contributed by atoms with E-state index in [2.05, 4.69) is 0 Å². The number of carbonyl (C=O) groups is 2. The third kappa shape index (κ3) is 4.20. The second-order valence-electron chi connectivity index (χ2n) is 8.99. The van der Waals surface area contributed by atoms with Gasteiger partial charge in [0.15, 0.2) is 17.6 Å². The molecule has 186 valence electrons. The molecule has 0 aromatic heterocycles. The number of anilines is 2. The highest BCUT2D eigenvalue weighted by Gasteiger charge is 2.60. The zero-order valence-electron chi connectivity index (χ0n) is 20.7. The van der Waals surface area contributed by atoms with E-state index >= 15 is 0 Å². The number of rotatable bonds is 8. The minimum atomic E-state index is -0.921. The Hall–Kier alpha value is -3.84. The summed E-state index contributed by atoms with van der Waals surface area (Å²) >= 11 is 0. The van der Waals surface area contributed by atoms with Gasteiger partial charge >= 0.3 is 0 Å². The van der Waals surface area contributed by atoms with Gasteiger partial charge < -0.3 is 9.47 Å². The van der Waals surface area contributed by atoms with Gasteiger partial charge in [0.2, 0.25) is 5.91 Å². The van der Waals surface area contributed by atoms with Crippen molar-refractivity contribution in [3.05, 3.63) is 83.9 Å². The highest BCUT2D eigenvalue weighted by atomic mass is 16.7. The number of hydroxylamine groups is 1. The zero-order chi connectivity index (χ0) is 25.2. The molecule has 3 atom stereocenters. The summed E-state index contributed by atoms with van der Waals surface area (Å²) in [6, 6.07) is 22.1. The minimum absolute atomic E-state index is 0.276. The summed E-state index contributed by atoms with van der Waals surface area (Å²) in [5.41, 5.74) is 3.18. The van der Waals surface area contributed by atoms with Crippen LogP contribution in [-0.2, 0) is 14.4 Å². The van der Waals surface area contributed by atoms with Gasteiger partial charge in [0.05, 0.1) is 30.6 Å². The fraction of sp³-hybridized carbons (Fsp3) is 0.310. The summed E-state index contributed by atoms with van der Waals surface area (Å²) in [6.07, 6.45) is -0.0450. The second kappa shape index (κ2) is 10.0. The molecule has 0 N–H and O–H groups in total. The van der Waals surface area contributed by atoms with Gasteiger partial charge in [0.25, 0.3) is 5.91 Å². The van der Waals surface area contributed by atoms with Crippen molar-refractivity contribution in [3.63, 3.8) is 0 Å². The number of para-hydroxylation sites is 1. The number of carbonyl (C=O) groups excluding carboxylic acids is 2. The monoisotopic (exact) mass is 486 g/mol. The first kappa shape index (κ1) is 23.9. The minimum Gasteiger partial charge on any atom is -0.490 e. The predicted molar refractivity (Wildman–Crippen MR) is 137 cm³/mol. The van der Waals surface area contributed by atoms with Crippen molar-refractivity contribution >= 4 is 23.2 Å². The molecular formula is C29H30N2O5. The van der Waals surface area contributed by atoms with Crippen molar-refractivity contribution in [1.29, 1.82) is 0 Å². The highest BCUT2D eigenvalue weighted by Crippen LogP contribution is 2.48. The Kier molecular flexibility index (Phi) is 6.65. The van der Waals surface area contributed by atoms with Crippen molar-refractivity contribution in [3.8, 4) is 11.5 Å². The van der Waals surface area contributed by atoms with Gasteiger partial charge in [-0.3, -0.25) is 14.4 Å². The molecule has 0 radical (unpaired) electrons. The molecule has 0 unspecified atom stereocenters. The fourth-order valence-corrected chi connectivity index (χ4v) is 4.81. The number of hydrogen-bond donors (Lipinski definition) is 0. The average Bonchev–Trinajstić information content (AvgIpc) is 3.40. The molecule has 2 aliphatic heterocycles. The Labute approximate surface area is 211 Å². The quantitative estimate of drug-likeness (QED) is 0.406. The molecule has 2 saturated heterocycles. The van der Waals surface area contributed by atoms with Gasteiger partial charge in [-0.25, -0.2) is 9.96 Å². The summed E-state index contributed by atoms with van der Waals surface area (Å²) in [7, 11) is 0. The first-order valence-corrected chi connectivity index (χ1v) is 12.4. The maximum Gasteiger partial charge on any atom is 0.266 e. The Bertz CT molecular complexity index is 1240. The van der Waals surface area contributed by atoms with Crippen LogP contribution in [0.3, 0.4) is 0 Å². The molecule has 0 saturated carbocycles. The number of ether oxygens (including phenoxy) is 2. The van der Waals surface area contributed by atoms with E-state index in [9.17, 15) is 9.59 Å². The molecule has 2 heterocycles. The molecule has 36 heavy (non-hydrogen) atoms. The van der Waals surface area contributed by atoms with Crippen molar-refractivity contribution in [2.24, 2.45) is 5.92 Å². The average molecular weight is 487 g/mol. The molecule has 0 bridgehead atoms. The first-order valence-electron chi connectivity index (χ1n) is 12.4. The number of imide groups is 1. The van der Waals surface area contributed by atoms with Gasteiger partial charge in [-0.2, -0.15) is 0 Å². The van der Waals surface area contributed by atoms with E-state index in [1.807, 2.05) is 81.4 Å². The predicted octanol–water partition coefficient (Wildman–Crippen LogP) is 5.23. The lowest BCUT2D eigenvalue weighted by molar-refractivity contribution is -0.126. The van der Waals surface area contributed by atoms with E-state index in [1.54, 1.807) is 17.2 Å². The third-order valence-corrected chi connectivity index (χ3v) is 6.49. The van der Waals surface area contributed by atoms with Crippen LogP contribution < -0.4 is 19.4 Å². The maximum absolute atomic E-state index is 13.8. The summed E-state index contributed by atoms with van der Waals surface area (Å²) < 4.78 is 11.8. The largest absolute Gasteiger partial charge is 0.490 e. The molecule has 0 aliphatic carbocycles. The molecule has 5 rings (SSSR count). The first-order chi connectivity index (χ1) is 17.5. The Morgan fingerprint density at radius 1 is 0.833 bits per heavy atom. The maximum atomic E-state index is 13.8. The summed E-state index contributed by atoms with van der Waals surface area (Å²) in [5.74, 6) is -0.0889. The third-order valence-electron chi connectivity index (χ3n) is 6.49. The van der Waals surface area contributed by atoms with Crippen LogP contribution >= 0.6 is 0 Å². The summed E-state index contributed by atoms with van der Waals surface area (Å²) in [4.78, 5) is 34.8. The number of benzene rings is 3. The van der Waals surface area contributed by atoms with E-state index in [0.717, 1.165) is 23.2 Å². The van der Waals surface area contributed by atoms with E-state index in [0.29, 0.717) is 30.4 Å². The highest BCUT2D eigenvalue weighted by molar-refractivity contribution is 6.23. The molecule has 3 aromatic rings. The van der Waals surface area contributed by atoms with Crippen molar-refractivity contribution < 1.29 is 23.9 Å². The van der Waals surface area contributed by atoms with Crippen LogP contribution in [0.5, 0.6) is 11.5 Å². The van der Waals surface area contributed by atoms with Crippen LogP contribution in [0.25, 0.3) is 0 Å². The number of nitrogens with zero attached hydrogens (tertiary/aromatic N) is 2. The van der Waals surface area contributed by atoms with Crippen LogP contribution in [0.15, 0.2) is 72.8 Å². The van der Waals surface area contributed by atoms with Crippen LogP contribution in [0.4, 0.5) is 11.4 Å². The van der Waals surface area contributed by atoms with Gasteiger partial charge in [-0.15, -0.1) is 0 Å². The normalized spacial score (nSPS) is 21.1. The topological polar surface area (TPSA) is 68.3 Å². The lowest BCUT2D eigenvalue weighted by Crippen LogP contribution is -2.37. The summed E-state index contributed by atoms with van der Waals surface area (Å²) in [5, 5.41) is 1.69. The molecule has 2 amide bonds. The van der Waals surface area contributed by atoms with Crippen LogP contribution in [0, 0.1) is 12.8 Å². The fourth-order valence-electron chi connectivity index (χ4n) is 4.81. The number of aryl methyl sites for hydroxylation is 1. The standard InChI is InChI=1S/C29H30N2O5/c1-4-17-35-23-16-13-20(18-24(23)34-5-2)26-25-27(36-31(26)22-9-7-6-8-10-22)29(33)30(28(25)32)21-14-11-19(3)12-15-21/h6-16,18,25-27H,4-5,17H2,1-3H3/t25-,26-,27+/m1/s1. The zero-order valence-corrected chi connectivity index (χ0v) is 20.7. The second-order valence-corrected chi connectivity index (χ2v) is 8.99. The van der Waals surface area contributed by atoms with Crippen LogP contribution in [0.2, 0.25) is 0 Å². The van der Waals surface area contributed by atoms with E-state index in [4.69, 9.17) is 14.3 Å². The Morgan fingerprint density at radius 2 is 1.58 bits per heavy atom. The molecule has 2 fully saturated rings. The van der Waals surface area contributed by atoms with Gasteiger partial charge in [0.1, 0.15) is 5.92 Å². The molecule has 7 heteroatoms. The number of fused-ring (bicyclic) bond motifs is 1. The van der Waals surface area contributed by atoms with Crippen molar-refractivity contribution in [2.75, 3.05) is 23.2 Å². The SMILES string of the molecule is CCCOc1ccc([C@@H]2[C@H]3C(=O)N(c4ccc(C)cc4)C(=O)[C@H]3ON2c2ccccc2)cc1OCC. The smallest absolute Gasteiger partial charge is 0.266 e. The molecule has 0 spiro atoms. The van der Waals surface area contributed by atoms with Crippen molar-refractivity contribution in [2.45, 2.75) is 39.3 Å².